The molecule has 1 aliphatic rings. The molecule has 0 aromatic heterocycles. The van der Waals surface area contributed by atoms with Crippen LogP contribution in [0.1, 0.15) is 43.7 Å². The second kappa shape index (κ2) is 5.16. The Balaban J connectivity index is 2.29. The van der Waals surface area contributed by atoms with Crippen LogP contribution in [0.25, 0.3) is 0 Å². The van der Waals surface area contributed by atoms with Crippen molar-refractivity contribution in [2.45, 2.75) is 39.0 Å². The van der Waals surface area contributed by atoms with Gasteiger partial charge in [0.05, 0.1) is 0 Å². The van der Waals surface area contributed by atoms with Gasteiger partial charge in [-0.1, -0.05) is 61.9 Å². The van der Waals surface area contributed by atoms with Gasteiger partial charge in [0, 0.05) is 5.92 Å². The van der Waals surface area contributed by atoms with Crippen LogP contribution >= 0.6 is 0 Å². The van der Waals surface area contributed by atoms with E-state index in [1.165, 1.54) is 11.1 Å². The Labute approximate surface area is 98.7 Å². The van der Waals surface area contributed by atoms with Crippen molar-refractivity contribution in [1.82, 2.24) is 0 Å². The molecule has 0 nitrogen and oxygen atoms in total. The van der Waals surface area contributed by atoms with E-state index in [1.54, 1.807) is 5.57 Å². The summed E-state index contributed by atoms with van der Waals surface area (Å²) < 4.78 is 0. The summed E-state index contributed by atoms with van der Waals surface area (Å²) in [7, 11) is 0. The van der Waals surface area contributed by atoms with Crippen LogP contribution in [0.2, 0.25) is 0 Å². The third-order valence-corrected chi connectivity index (χ3v) is 3.44. The summed E-state index contributed by atoms with van der Waals surface area (Å²) in [6.45, 7) is 4.47. The van der Waals surface area contributed by atoms with Crippen LogP contribution in [-0.2, 0) is 6.42 Å². The van der Waals surface area contributed by atoms with Crippen molar-refractivity contribution in [2.75, 3.05) is 0 Å². The zero-order chi connectivity index (χ0) is 11.4. The van der Waals surface area contributed by atoms with E-state index < -0.39 is 0 Å². The minimum atomic E-state index is 0.612. The van der Waals surface area contributed by atoms with Gasteiger partial charge in [-0.3, -0.25) is 0 Å². The molecular formula is C16H20. The predicted octanol–water partition coefficient (Wildman–Crippen LogP) is 4.63. The Hall–Kier alpha value is -1.30. The molecule has 16 heavy (non-hydrogen) atoms. The number of benzene rings is 1. The van der Waals surface area contributed by atoms with Crippen LogP contribution in [-0.4, -0.2) is 0 Å². The van der Waals surface area contributed by atoms with Crippen LogP contribution in [0.3, 0.4) is 0 Å². The second-order valence-corrected chi connectivity index (χ2v) is 4.41. The monoisotopic (exact) mass is 212 g/mol. The Morgan fingerprint density at radius 1 is 1.19 bits per heavy atom. The van der Waals surface area contributed by atoms with Crippen molar-refractivity contribution in [1.29, 1.82) is 0 Å². The van der Waals surface area contributed by atoms with Crippen molar-refractivity contribution in [3.05, 3.63) is 59.2 Å². The maximum Gasteiger partial charge on any atom is 0.00858 e. The standard InChI is InChI=1S/C16H20/c1-3-13-8-7-10-15(12-13)16-11-6-5-9-14(16)4-2/h5-10,12,16H,3-4,11H2,1-2H3. The highest BCUT2D eigenvalue weighted by Crippen LogP contribution is 2.33. The first-order valence-corrected chi connectivity index (χ1v) is 6.29. The molecule has 84 valence electrons. The summed E-state index contributed by atoms with van der Waals surface area (Å²) in [6, 6.07) is 9.05. The molecule has 0 saturated heterocycles. The lowest BCUT2D eigenvalue weighted by atomic mass is 9.83. The SMILES string of the molecule is CCC1=CC=CCC1c1cccc(CC)c1. The number of aryl methyl sites for hydroxylation is 1. The maximum absolute atomic E-state index is 2.37. The Morgan fingerprint density at radius 2 is 2.06 bits per heavy atom. The lowest BCUT2D eigenvalue weighted by molar-refractivity contribution is 0.759. The molecule has 1 unspecified atom stereocenters. The highest BCUT2D eigenvalue weighted by atomic mass is 14.2. The molecule has 0 amide bonds. The quantitative estimate of drug-likeness (QED) is 0.685. The Morgan fingerprint density at radius 3 is 2.81 bits per heavy atom. The summed E-state index contributed by atoms with van der Waals surface area (Å²) in [5, 5.41) is 0. The van der Waals surface area contributed by atoms with E-state index in [9.17, 15) is 0 Å². The summed E-state index contributed by atoms with van der Waals surface area (Å²) in [4.78, 5) is 0. The zero-order valence-electron chi connectivity index (χ0n) is 10.2. The van der Waals surface area contributed by atoms with E-state index in [4.69, 9.17) is 0 Å². The molecule has 0 fully saturated rings. The first-order valence-electron chi connectivity index (χ1n) is 6.29. The molecule has 2 rings (SSSR count). The van der Waals surface area contributed by atoms with Crippen LogP contribution in [0, 0.1) is 0 Å². The van der Waals surface area contributed by atoms with Crippen LogP contribution in [0.5, 0.6) is 0 Å². The second-order valence-electron chi connectivity index (χ2n) is 4.41. The topological polar surface area (TPSA) is 0 Å². The van der Waals surface area contributed by atoms with E-state index in [1.807, 2.05) is 0 Å². The zero-order valence-corrected chi connectivity index (χ0v) is 10.2. The van der Waals surface area contributed by atoms with Crippen molar-refractivity contribution < 1.29 is 0 Å². The van der Waals surface area contributed by atoms with Crippen LogP contribution in [0.4, 0.5) is 0 Å². The summed E-state index contributed by atoms with van der Waals surface area (Å²) >= 11 is 0. The van der Waals surface area contributed by atoms with Crippen molar-refractivity contribution >= 4 is 0 Å². The number of rotatable bonds is 3. The van der Waals surface area contributed by atoms with Crippen molar-refractivity contribution in [2.24, 2.45) is 0 Å². The molecule has 1 atom stereocenters. The molecule has 0 saturated carbocycles. The smallest absolute Gasteiger partial charge is 0.00858 e. The summed E-state index contributed by atoms with van der Waals surface area (Å²) in [5.41, 5.74) is 4.50. The molecule has 1 aromatic carbocycles. The average molecular weight is 212 g/mol. The predicted molar refractivity (Wildman–Crippen MR) is 70.7 cm³/mol. The van der Waals surface area contributed by atoms with Gasteiger partial charge in [0.15, 0.2) is 0 Å². The van der Waals surface area contributed by atoms with Gasteiger partial charge >= 0.3 is 0 Å². The van der Waals surface area contributed by atoms with Crippen molar-refractivity contribution in [3.8, 4) is 0 Å². The largest absolute Gasteiger partial charge is 0.0836 e. The van der Waals surface area contributed by atoms with Gasteiger partial charge in [-0.05, 0) is 30.4 Å². The molecular weight excluding hydrogens is 192 g/mol. The molecule has 0 spiro atoms. The molecule has 1 aromatic rings. The van der Waals surface area contributed by atoms with Gasteiger partial charge in [0.1, 0.15) is 0 Å². The van der Waals surface area contributed by atoms with Gasteiger partial charge in [0.2, 0.25) is 0 Å². The minimum absolute atomic E-state index is 0.612. The van der Waals surface area contributed by atoms with Gasteiger partial charge in [-0.25, -0.2) is 0 Å². The molecule has 1 aliphatic carbocycles. The highest BCUT2D eigenvalue weighted by Gasteiger charge is 2.15. The molecule has 0 heteroatoms. The fourth-order valence-electron chi connectivity index (χ4n) is 2.42. The van der Waals surface area contributed by atoms with E-state index in [0.29, 0.717) is 5.92 Å². The van der Waals surface area contributed by atoms with E-state index in [0.717, 1.165) is 19.3 Å². The minimum Gasteiger partial charge on any atom is -0.0836 e. The lowest BCUT2D eigenvalue weighted by Gasteiger charge is -2.21. The number of hydrogen-bond acceptors (Lipinski definition) is 0. The normalized spacial score (nSPS) is 19.6. The third kappa shape index (κ3) is 2.27. The molecule has 0 radical (unpaired) electrons. The number of hydrogen-bond donors (Lipinski definition) is 0. The van der Waals surface area contributed by atoms with Gasteiger partial charge < -0.3 is 0 Å². The average Bonchev–Trinajstić information content (AvgIpc) is 2.38. The molecule has 0 N–H and O–H groups in total. The third-order valence-electron chi connectivity index (χ3n) is 3.44. The first kappa shape index (κ1) is 11.2. The maximum atomic E-state index is 2.37. The van der Waals surface area contributed by atoms with Gasteiger partial charge in [0.25, 0.3) is 0 Å². The van der Waals surface area contributed by atoms with Gasteiger partial charge in [-0.2, -0.15) is 0 Å². The van der Waals surface area contributed by atoms with E-state index >= 15 is 0 Å². The Bertz CT molecular complexity index is 410. The molecule has 0 bridgehead atoms. The van der Waals surface area contributed by atoms with E-state index in [2.05, 4.69) is 56.3 Å². The fraction of sp³-hybridized carbons (Fsp3) is 0.375. The molecule has 0 heterocycles. The number of allylic oxidation sites excluding steroid dienone is 4. The van der Waals surface area contributed by atoms with Crippen LogP contribution < -0.4 is 0 Å². The molecule has 0 aliphatic heterocycles. The summed E-state index contributed by atoms with van der Waals surface area (Å²) in [6.07, 6.45) is 10.2. The Kier molecular flexibility index (Phi) is 3.61. The first-order chi connectivity index (χ1) is 7.85. The van der Waals surface area contributed by atoms with Crippen molar-refractivity contribution in [3.63, 3.8) is 0 Å². The highest BCUT2D eigenvalue weighted by molar-refractivity contribution is 5.36. The lowest BCUT2D eigenvalue weighted by Crippen LogP contribution is -2.04. The van der Waals surface area contributed by atoms with E-state index in [-0.39, 0.29) is 0 Å². The fourth-order valence-corrected chi connectivity index (χ4v) is 2.42. The van der Waals surface area contributed by atoms with Crippen LogP contribution in [0.15, 0.2) is 48.1 Å². The van der Waals surface area contributed by atoms with Gasteiger partial charge in [-0.15, -0.1) is 0 Å². The summed E-state index contributed by atoms with van der Waals surface area (Å²) in [5.74, 6) is 0.612.